The van der Waals surface area contributed by atoms with Crippen LogP contribution in [-0.4, -0.2) is 50.2 Å². The molecule has 5 nitrogen and oxygen atoms in total. The summed E-state index contributed by atoms with van der Waals surface area (Å²) in [6.45, 7) is 0.114. The molecule has 1 aliphatic heterocycles. The zero-order chi connectivity index (χ0) is 15.8. The fraction of sp³-hybridized carbons (Fsp3) is 0.462. The fourth-order valence-electron chi connectivity index (χ4n) is 2.37. The topological polar surface area (TPSA) is 57.7 Å². The van der Waals surface area contributed by atoms with Crippen LogP contribution in [0.25, 0.3) is 0 Å². The lowest BCUT2D eigenvalue weighted by molar-refractivity contribution is -0.132. The Balaban J connectivity index is 2.43. The third-order valence-corrected chi connectivity index (χ3v) is 5.33. The first-order valence-electron chi connectivity index (χ1n) is 6.43. The van der Waals surface area contributed by atoms with Crippen molar-refractivity contribution in [1.29, 1.82) is 0 Å². The second-order valence-corrected chi connectivity index (χ2v) is 6.94. The highest BCUT2D eigenvalue weighted by atomic mass is 32.2. The van der Waals surface area contributed by atoms with Crippen molar-refractivity contribution in [2.45, 2.75) is 23.8 Å². The molecule has 0 aromatic heterocycles. The van der Waals surface area contributed by atoms with E-state index in [9.17, 15) is 22.0 Å². The number of amides is 1. The quantitative estimate of drug-likeness (QED) is 0.841. The summed E-state index contributed by atoms with van der Waals surface area (Å²) in [6, 6.07) is 1.38. The van der Waals surface area contributed by atoms with Crippen LogP contribution in [0.5, 0.6) is 0 Å². The van der Waals surface area contributed by atoms with Gasteiger partial charge in [0, 0.05) is 20.6 Å². The van der Waals surface area contributed by atoms with Crippen LogP contribution in [0, 0.1) is 11.6 Å². The summed E-state index contributed by atoms with van der Waals surface area (Å²) in [7, 11) is -1.20. The van der Waals surface area contributed by atoms with E-state index < -0.39 is 32.6 Å². The van der Waals surface area contributed by atoms with Gasteiger partial charge in [0.15, 0.2) is 0 Å². The van der Waals surface area contributed by atoms with Gasteiger partial charge in [0.2, 0.25) is 15.9 Å². The van der Waals surface area contributed by atoms with Crippen LogP contribution in [0.15, 0.2) is 23.1 Å². The maximum Gasteiger partial charge on any atom is 0.246 e. The average molecular weight is 318 g/mol. The van der Waals surface area contributed by atoms with Gasteiger partial charge in [-0.2, -0.15) is 4.31 Å². The first kappa shape index (κ1) is 15.8. The lowest BCUT2D eigenvalue weighted by atomic mass is 10.2. The highest BCUT2D eigenvalue weighted by molar-refractivity contribution is 7.89. The number of hydrogen-bond acceptors (Lipinski definition) is 3. The Morgan fingerprint density at radius 3 is 2.62 bits per heavy atom. The zero-order valence-corrected chi connectivity index (χ0v) is 12.5. The summed E-state index contributed by atoms with van der Waals surface area (Å²) in [6.07, 6.45) is 0.869. The molecule has 0 saturated carbocycles. The molecule has 0 N–H and O–H groups in total. The van der Waals surface area contributed by atoms with Gasteiger partial charge in [-0.05, 0) is 31.0 Å². The van der Waals surface area contributed by atoms with Gasteiger partial charge < -0.3 is 4.90 Å². The van der Waals surface area contributed by atoms with Crippen molar-refractivity contribution in [3.63, 3.8) is 0 Å². The number of halogens is 2. The highest BCUT2D eigenvalue weighted by Gasteiger charge is 2.41. The molecule has 1 aliphatic rings. The third-order valence-electron chi connectivity index (χ3n) is 3.41. The molecule has 2 rings (SSSR count). The third kappa shape index (κ3) is 2.91. The van der Waals surface area contributed by atoms with Gasteiger partial charge in [-0.3, -0.25) is 4.79 Å². The van der Waals surface area contributed by atoms with Crippen LogP contribution < -0.4 is 0 Å². The second kappa shape index (κ2) is 5.69. The highest BCUT2D eigenvalue weighted by Crippen LogP contribution is 2.28. The maximum absolute atomic E-state index is 13.7. The van der Waals surface area contributed by atoms with Crippen LogP contribution in [0.2, 0.25) is 0 Å². The van der Waals surface area contributed by atoms with E-state index >= 15 is 0 Å². The number of carbonyl (C=O) groups is 1. The Morgan fingerprint density at radius 1 is 1.33 bits per heavy atom. The lowest BCUT2D eigenvalue weighted by Gasteiger charge is -2.25. The molecule has 0 spiro atoms. The molecular weight excluding hydrogens is 302 g/mol. The van der Waals surface area contributed by atoms with Gasteiger partial charge in [0.25, 0.3) is 0 Å². The number of hydrogen-bond donors (Lipinski definition) is 0. The van der Waals surface area contributed by atoms with Crippen LogP contribution >= 0.6 is 0 Å². The zero-order valence-electron chi connectivity index (χ0n) is 11.7. The van der Waals surface area contributed by atoms with E-state index in [1.807, 2.05) is 0 Å². The van der Waals surface area contributed by atoms with Crippen molar-refractivity contribution in [2.75, 3.05) is 20.6 Å². The normalized spacial score (nSPS) is 19.7. The Bertz CT molecular complexity index is 661. The number of carbonyl (C=O) groups excluding carboxylic acids is 1. The van der Waals surface area contributed by atoms with Gasteiger partial charge in [0.05, 0.1) is 0 Å². The summed E-state index contributed by atoms with van der Waals surface area (Å²) >= 11 is 0. The molecule has 1 aromatic rings. The van der Waals surface area contributed by atoms with Crippen molar-refractivity contribution >= 4 is 15.9 Å². The van der Waals surface area contributed by atoms with Gasteiger partial charge in [-0.15, -0.1) is 0 Å². The summed E-state index contributed by atoms with van der Waals surface area (Å²) in [5, 5.41) is 0. The van der Waals surface area contributed by atoms with Gasteiger partial charge in [-0.25, -0.2) is 17.2 Å². The van der Waals surface area contributed by atoms with Crippen LogP contribution in [0.4, 0.5) is 8.78 Å². The Hall–Kier alpha value is -1.54. The standard InChI is InChI=1S/C13H16F2N2O3S/c1-16(2)13(18)11-4-3-7-17(11)21(19,20)12-8-9(14)5-6-10(12)15/h5-6,8,11H,3-4,7H2,1-2H3. The van der Waals surface area contributed by atoms with Crippen molar-refractivity contribution in [3.05, 3.63) is 29.8 Å². The first-order chi connectivity index (χ1) is 9.75. The van der Waals surface area contributed by atoms with Crippen LogP contribution in [-0.2, 0) is 14.8 Å². The summed E-state index contributed by atoms with van der Waals surface area (Å²) in [5.74, 6) is -2.24. The summed E-state index contributed by atoms with van der Waals surface area (Å²) in [4.78, 5) is 12.6. The van der Waals surface area contributed by atoms with Gasteiger partial charge in [-0.1, -0.05) is 0 Å². The number of sulfonamides is 1. The Labute approximate surface area is 122 Å². The molecule has 1 saturated heterocycles. The van der Waals surface area contributed by atoms with Crippen LogP contribution in [0.3, 0.4) is 0 Å². The van der Waals surface area contributed by atoms with Crippen molar-refractivity contribution in [2.24, 2.45) is 0 Å². The average Bonchev–Trinajstić information content (AvgIpc) is 2.90. The molecule has 0 radical (unpaired) electrons. The Morgan fingerprint density at radius 2 is 2.00 bits per heavy atom. The molecule has 0 bridgehead atoms. The molecule has 1 amide bonds. The van der Waals surface area contributed by atoms with E-state index in [4.69, 9.17) is 0 Å². The first-order valence-corrected chi connectivity index (χ1v) is 7.87. The largest absolute Gasteiger partial charge is 0.347 e. The lowest BCUT2D eigenvalue weighted by Crippen LogP contribution is -2.45. The van der Waals surface area contributed by atoms with Crippen molar-refractivity contribution in [3.8, 4) is 0 Å². The fourth-order valence-corrected chi connectivity index (χ4v) is 4.10. The molecule has 1 aromatic carbocycles. The molecule has 8 heteroatoms. The van der Waals surface area contributed by atoms with E-state index in [1.54, 1.807) is 0 Å². The molecule has 21 heavy (non-hydrogen) atoms. The number of likely N-dealkylation sites (N-methyl/N-ethyl adjacent to an activating group) is 1. The van der Waals surface area contributed by atoms with Crippen LogP contribution in [0.1, 0.15) is 12.8 Å². The number of benzene rings is 1. The molecular formula is C13H16F2N2O3S. The molecule has 1 atom stereocenters. The predicted octanol–water partition coefficient (Wildman–Crippen LogP) is 1.21. The number of rotatable bonds is 3. The molecule has 1 fully saturated rings. The minimum absolute atomic E-state index is 0.114. The monoisotopic (exact) mass is 318 g/mol. The second-order valence-electron chi connectivity index (χ2n) is 5.08. The minimum atomic E-state index is -4.25. The summed E-state index contributed by atoms with van der Waals surface area (Å²) in [5.41, 5.74) is 0. The predicted molar refractivity (Wildman–Crippen MR) is 72.0 cm³/mol. The van der Waals surface area contributed by atoms with E-state index in [2.05, 4.69) is 0 Å². The minimum Gasteiger partial charge on any atom is -0.347 e. The van der Waals surface area contributed by atoms with Crippen molar-refractivity contribution < 1.29 is 22.0 Å². The van der Waals surface area contributed by atoms with Gasteiger partial charge >= 0.3 is 0 Å². The molecule has 1 heterocycles. The molecule has 116 valence electrons. The van der Waals surface area contributed by atoms with Gasteiger partial charge in [0.1, 0.15) is 22.6 Å². The molecule has 1 unspecified atom stereocenters. The van der Waals surface area contributed by atoms with E-state index in [0.717, 1.165) is 16.4 Å². The van der Waals surface area contributed by atoms with E-state index in [0.29, 0.717) is 18.9 Å². The molecule has 0 aliphatic carbocycles. The smallest absolute Gasteiger partial charge is 0.246 e. The van der Waals surface area contributed by atoms with E-state index in [-0.39, 0.29) is 12.5 Å². The Kier molecular flexibility index (Phi) is 4.29. The van der Waals surface area contributed by atoms with E-state index in [1.165, 1.54) is 19.0 Å². The maximum atomic E-state index is 13.7. The summed E-state index contributed by atoms with van der Waals surface area (Å²) < 4.78 is 52.9. The van der Waals surface area contributed by atoms with Crippen molar-refractivity contribution in [1.82, 2.24) is 9.21 Å². The SMILES string of the molecule is CN(C)C(=O)C1CCCN1S(=O)(=O)c1cc(F)ccc1F. The number of nitrogens with zero attached hydrogens (tertiary/aromatic N) is 2.